The lowest BCUT2D eigenvalue weighted by atomic mass is 10.0. The molecule has 0 aromatic heterocycles. The number of benzene rings is 2. The summed E-state index contributed by atoms with van der Waals surface area (Å²) in [6.07, 6.45) is 0.199. The number of rotatable bonds is 7. The minimum atomic E-state index is -1.14. The van der Waals surface area contributed by atoms with Gasteiger partial charge in [-0.05, 0) is 29.7 Å². The van der Waals surface area contributed by atoms with Crippen molar-refractivity contribution in [3.63, 3.8) is 0 Å². The van der Waals surface area contributed by atoms with Crippen LogP contribution in [-0.2, 0) is 17.8 Å². The van der Waals surface area contributed by atoms with Crippen molar-refractivity contribution >= 4 is 23.3 Å². The summed E-state index contributed by atoms with van der Waals surface area (Å²) >= 11 is 0. The first kappa shape index (κ1) is 19.1. The molecule has 8 nitrogen and oxygen atoms in total. The maximum Gasteiger partial charge on any atom is 0.336 e. The first-order valence-corrected chi connectivity index (χ1v) is 7.82. The van der Waals surface area contributed by atoms with Gasteiger partial charge in [0, 0.05) is 31.4 Å². The van der Waals surface area contributed by atoms with Gasteiger partial charge in [-0.3, -0.25) is 14.9 Å². The van der Waals surface area contributed by atoms with Gasteiger partial charge in [-0.25, -0.2) is 4.79 Å². The van der Waals surface area contributed by atoms with E-state index in [9.17, 15) is 24.8 Å². The number of non-ortho nitro benzene ring substituents is 1. The van der Waals surface area contributed by atoms with Gasteiger partial charge in [-0.15, -0.1) is 0 Å². The summed E-state index contributed by atoms with van der Waals surface area (Å²) in [5, 5.41) is 29.1. The van der Waals surface area contributed by atoms with Crippen LogP contribution in [0.15, 0.2) is 42.5 Å². The van der Waals surface area contributed by atoms with E-state index in [1.165, 1.54) is 30.0 Å². The maximum absolute atomic E-state index is 12.0. The predicted octanol–water partition coefficient (Wildman–Crippen LogP) is 2.38. The van der Waals surface area contributed by atoms with Crippen LogP contribution in [0.2, 0.25) is 0 Å². The van der Waals surface area contributed by atoms with Crippen LogP contribution in [0.3, 0.4) is 0 Å². The SMILES string of the molecule is CC(=O)N(Cc1ccc([N+](=O)[O-])cc1)c1ccc(CCO)c(C(=O)O)c1. The molecule has 1 amide bonds. The average molecular weight is 358 g/mol. The minimum Gasteiger partial charge on any atom is -0.478 e. The number of carboxylic acids is 1. The van der Waals surface area contributed by atoms with Gasteiger partial charge in [0.15, 0.2) is 0 Å². The van der Waals surface area contributed by atoms with Gasteiger partial charge in [0.25, 0.3) is 5.69 Å². The molecule has 2 aromatic rings. The van der Waals surface area contributed by atoms with Gasteiger partial charge in [-0.2, -0.15) is 0 Å². The highest BCUT2D eigenvalue weighted by Crippen LogP contribution is 2.23. The molecule has 136 valence electrons. The monoisotopic (exact) mass is 358 g/mol. The van der Waals surface area contributed by atoms with Crippen LogP contribution >= 0.6 is 0 Å². The number of aromatic carboxylic acids is 1. The lowest BCUT2D eigenvalue weighted by molar-refractivity contribution is -0.384. The number of nitro groups is 1. The second-order valence-electron chi connectivity index (χ2n) is 5.65. The van der Waals surface area contributed by atoms with Gasteiger partial charge in [0.2, 0.25) is 5.91 Å². The van der Waals surface area contributed by atoms with E-state index in [0.29, 0.717) is 16.8 Å². The molecule has 0 unspecified atom stereocenters. The molecule has 2 rings (SSSR count). The summed E-state index contributed by atoms with van der Waals surface area (Å²) < 4.78 is 0. The minimum absolute atomic E-state index is 0.0199. The molecule has 0 aliphatic carbocycles. The number of anilines is 1. The molecule has 0 atom stereocenters. The van der Waals surface area contributed by atoms with Crippen LogP contribution < -0.4 is 4.90 Å². The smallest absolute Gasteiger partial charge is 0.336 e. The van der Waals surface area contributed by atoms with Crippen LogP contribution in [0.4, 0.5) is 11.4 Å². The maximum atomic E-state index is 12.0. The highest BCUT2D eigenvalue weighted by atomic mass is 16.6. The Morgan fingerprint density at radius 3 is 2.31 bits per heavy atom. The molecule has 0 aliphatic rings. The fraction of sp³-hybridized carbons (Fsp3) is 0.222. The molecule has 2 N–H and O–H groups in total. The molecule has 0 aliphatic heterocycles. The second kappa shape index (κ2) is 8.21. The van der Waals surface area contributed by atoms with Crippen molar-refractivity contribution in [1.29, 1.82) is 0 Å². The van der Waals surface area contributed by atoms with Crippen molar-refractivity contribution in [1.82, 2.24) is 0 Å². The Morgan fingerprint density at radius 1 is 1.15 bits per heavy atom. The first-order valence-electron chi connectivity index (χ1n) is 7.82. The molecule has 8 heteroatoms. The zero-order chi connectivity index (χ0) is 19.3. The van der Waals surface area contributed by atoms with Crippen LogP contribution in [0, 0.1) is 10.1 Å². The lowest BCUT2D eigenvalue weighted by Crippen LogP contribution is -2.28. The molecule has 0 bridgehead atoms. The van der Waals surface area contributed by atoms with Gasteiger partial charge in [0.05, 0.1) is 17.0 Å². The standard InChI is InChI=1S/C18H18N2O6/c1-12(22)19(11-13-2-5-15(6-3-13)20(25)26)16-7-4-14(8-9-21)17(10-16)18(23)24/h2-7,10,21H,8-9,11H2,1H3,(H,23,24). The van der Waals surface area contributed by atoms with E-state index in [2.05, 4.69) is 0 Å². The summed E-state index contributed by atoms with van der Waals surface area (Å²) in [5.74, 6) is -1.44. The summed E-state index contributed by atoms with van der Waals surface area (Å²) in [6.45, 7) is 1.32. The fourth-order valence-corrected chi connectivity index (χ4v) is 2.56. The number of carbonyl (C=O) groups is 2. The van der Waals surface area contributed by atoms with Crippen molar-refractivity contribution < 1.29 is 24.7 Å². The van der Waals surface area contributed by atoms with Crippen molar-refractivity contribution in [3.8, 4) is 0 Å². The van der Waals surface area contributed by atoms with Gasteiger partial charge < -0.3 is 15.1 Å². The zero-order valence-electron chi connectivity index (χ0n) is 14.1. The number of aliphatic hydroxyl groups is 1. The van der Waals surface area contributed by atoms with Gasteiger partial charge >= 0.3 is 5.97 Å². The molecule has 0 spiro atoms. The Morgan fingerprint density at radius 2 is 1.81 bits per heavy atom. The van der Waals surface area contributed by atoms with E-state index in [1.807, 2.05) is 0 Å². The highest BCUT2D eigenvalue weighted by Gasteiger charge is 2.17. The molecule has 26 heavy (non-hydrogen) atoms. The van der Waals surface area contributed by atoms with Gasteiger partial charge in [0.1, 0.15) is 0 Å². The van der Waals surface area contributed by atoms with E-state index in [-0.39, 0.29) is 36.7 Å². The third kappa shape index (κ3) is 4.42. The third-order valence-corrected chi connectivity index (χ3v) is 3.88. The second-order valence-corrected chi connectivity index (χ2v) is 5.65. The number of aliphatic hydroxyl groups excluding tert-OH is 1. The Hall–Kier alpha value is -3.26. The van der Waals surface area contributed by atoms with E-state index in [0.717, 1.165) is 0 Å². The Labute approximate surface area is 149 Å². The first-order chi connectivity index (χ1) is 12.3. The highest BCUT2D eigenvalue weighted by molar-refractivity contribution is 5.95. The molecule has 0 radical (unpaired) electrons. The Bertz CT molecular complexity index is 832. The normalized spacial score (nSPS) is 10.4. The number of nitro benzene ring substituents is 1. The summed E-state index contributed by atoms with van der Waals surface area (Å²) in [7, 11) is 0. The average Bonchev–Trinajstić information content (AvgIpc) is 2.60. The quantitative estimate of drug-likeness (QED) is 0.579. The lowest BCUT2D eigenvalue weighted by Gasteiger charge is -2.22. The summed E-state index contributed by atoms with van der Waals surface area (Å²) in [6, 6.07) is 10.4. The largest absolute Gasteiger partial charge is 0.478 e. The molecular formula is C18H18N2O6. The number of hydrogen-bond donors (Lipinski definition) is 2. The van der Waals surface area contributed by atoms with E-state index < -0.39 is 10.9 Å². The van der Waals surface area contributed by atoms with Crippen LogP contribution in [0.25, 0.3) is 0 Å². The van der Waals surface area contributed by atoms with Crippen LogP contribution in [0.5, 0.6) is 0 Å². The molecule has 2 aromatic carbocycles. The molecule has 0 heterocycles. The topological polar surface area (TPSA) is 121 Å². The van der Waals surface area contributed by atoms with E-state index >= 15 is 0 Å². The predicted molar refractivity (Wildman–Crippen MR) is 94.2 cm³/mol. The van der Waals surface area contributed by atoms with Crippen LogP contribution in [-0.4, -0.2) is 33.6 Å². The molecule has 0 fully saturated rings. The molecule has 0 saturated carbocycles. The van der Waals surface area contributed by atoms with Crippen LogP contribution in [0.1, 0.15) is 28.4 Å². The van der Waals surface area contributed by atoms with Crippen molar-refractivity contribution in [2.45, 2.75) is 19.9 Å². The number of carboxylic acid groups (broad SMARTS) is 1. The number of amides is 1. The van der Waals surface area contributed by atoms with Crippen molar-refractivity contribution in [3.05, 3.63) is 69.3 Å². The Balaban J connectivity index is 2.34. The number of carbonyl (C=O) groups excluding carboxylic acids is 1. The zero-order valence-corrected chi connectivity index (χ0v) is 14.1. The molecule has 0 saturated heterocycles. The van der Waals surface area contributed by atoms with Crippen molar-refractivity contribution in [2.24, 2.45) is 0 Å². The van der Waals surface area contributed by atoms with Gasteiger partial charge in [-0.1, -0.05) is 18.2 Å². The van der Waals surface area contributed by atoms with E-state index in [1.54, 1.807) is 24.3 Å². The summed E-state index contributed by atoms with van der Waals surface area (Å²) in [5.41, 5.74) is 1.51. The van der Waals surface area contributed by atoms with E-state index in [4.69, 9.17) is 5.11 Å². The summed E-state index contributed by atoms with van der Waals surface area (Å²) in [4.78, 5) is 35.1. The van der Waals surface area contributed by atoms with Crippen molar-refractivity contribution in [2.75, 3.05) is 11.5 Å². The number of hydrogen-bond acceptors (Lipinski definition) is 5. The Kier molecular flexibility index (Phi) is 6.03. The fourth-order valence-electron chi connectivity index (χ4n) is 2.56. The molecular weight excluding hydrogens is 340 g/mol. The number of nitrogens with zero attached hydrogens (tertiary/aromatic N) is 2. The third-order valence-electron chi connectivity index (χ3n) is 3.88.